The second-order valence-corrected chi connectivity index (χ2v) is 5.60. The maximum atomic E-state index is 12.5. The second-order valence-electron chi connectivity index (χ2n) is 5.60. The highest BCUT2D eigenvalue weighted by Gasteiger charge is 2.14. The van der Waals surface area contributed by atoms with E-state index in [2.05, 4.69) is 31.0 Å². The van der Waals surface area contributed by atoms with Crippen LogP contribution in [0.3, 0.4) is 0 Å². The number of aromatic amines is 1. The van der Waals surface area contributed by atoms with E-state index in [1.165, 1.54) is 5.56 Å². The van der Waals surface area contributed by atoms with Crippen LogP contribution in [0.5, 0.6) is 0 Å². The standard InChI is InChI=1S/C19H23NO/c1-5-8-19(21)17(16-10-7-6-9-13(16)2)12-18-14(3)11-15(4)20-18/h6-7,9-12,20H,5,8H2,1-4H3/b17-12-. The van der Waals surface area contributed by atoms with Crippen LogP contribution in [0.4, 0.5) is 0 Å². The molecular weight excluding hydrogens is 258 g/mol. The minimum atomic E-state index is 0.207. The van der Waals surface area contributed by atoms with Gasteiger partial charge in [-0.15, -0.1) is 0 Å². The number of carbonyl (C=O) groups is 1. The van der Waals surface area contributed by atoms with E-state index >= 15 is 0 Å². The molecule has 110 valence electrons. The molecule has 2 rings (SSSR count). The van der Waals surface area contributed by atoms with Crippen molar-refractivity contribution in [2.45, 2.75) is 40.5 Å². The molecule has 0 saturated heterocycles. The van der Waals surface area contributed by atoms with Gasteiger partial charge in [0.25, 0.3) is 0 Å². The lowest BCUT2D eigenvalue weighted by atomic mass is 9.94. The van der Waals surface area contributed by atoms with Gasteiger partial charge >= 0.3 is 0 Å². The van der Waals surface area contributed by atoms with Crippen LogP contribution in [0.15, 0.2) is 30.3 Å². The van der Waals surface area contributed by atoms with Crippen molar-refractivity contribution in [2.24, 2.45) is 0 Å². The van der Waals surface area contributed by atoms with Gasteiger partial charge in [0.15, 0.2) is 5.78 Å². The summed E-state index contributed by atoms with van der Waals surface area (Å²) in [4.78, 5) is 15.9. The average molecular weight is 281 g/mol. The molecule has 0 bridgehead atoms. The van der Waals surface area contributed by atoms with Crippen molar-refractivity contribution in [1.29, 1.82) is 0 Å². The molecule has 0 fully saturated rings. The maximum Gasteiger partial charge on any atom is 0.163 e. The van der Waals surface area contributed by atoms with E-state index < -0.39 is 0 Å². The molecule has 2 aromatic rings. The molecule has 1 heterocycles. The number of rotatable bonds is 5. The number of Topliss-reactive ketones (excluding diaryl/α,β-unsaturated/α-hetero) is 1. The largest absolute Gasteiger partial charge is 0.359 e. The summed E-state index contributed by atoms with van der Waals surface area (Å²) in [7, 11) is 0. The van der Waals surface area contributed by atoms with Gasteiger partial charge in [-0.2, -0.15) is 0 Å². The molecule has 1 aromatic heterocycles. The summed E-state index contributed by atoms with van der Waals surface area (Å²) in [6.07, 6.45) is 3.45. The van der Waals surface area contributed by atoms with E-state index in [9.17, 15) is 4.79 Å². The number of hydrogen-bond donors (Lipinski definition) is 1. The Bertz CT molecular complexity index is 677. The molecule has 0 saturated carbocycles. The third-order valence-electron chi connectivity index (χ3n) is 3.69. The Morgan fingerprint density at radius 2 is 1.86 bits per heavy atom. The Kier molecular flexibility index (Phi) is 4.79. The first-order chi connectivity index (χ1) is 10.0. The van der Waals surface area contributed by atoms with Gasteiger partial charge in [0.1, 0.15) is 0 Å². The number of allylic oxidation sites excluding steroid dienone is 1. The molecule has 2 nitrogen and oxygen atoms in total. The Morgan fingerprint density at radius 3 is 2.43 bits per heavy atom. The summed E-state index contributed by atoms with van der Waals surface area (Å²) < 4.78 is 0. The van der Waals surface area contributed by atoms with E-state index in [1.807, 2.05) is 38.1 Å². The van der Waals surface area contributed by atoms with Crippen LogP contribution in [0.25, 0.3) is 11.6 Å². The highest BCUT2D eigenvalue weighted by Crippen LogP contribution is 2.25. The van der Waals surface area contributed by atoms with Gasteiger partial charge in [0.05, 0.1) is 0 Å². The third-order valence-corrected chi connectivity index (χ3v) is 3.69. The molecule has 0 atom stereocenters. The minimum absolute atomic E-state index is 0.207. The summed E-state index contributed by atoms with van der Waals surface area (Å²) in [5.74, 6) is 0.207. The number of nitrogens with one attached hydrogen (secondary N) is 1. The van der Waals surface area contributed by atoms with Crippen molar-refractivity contribution in [1.82, 2.24) is 4.98 Å². The van der Waals surface area contributed by atoms with Crippen molar-refractivity contribution < 1.29 is 4.79 Å². The molecule has 21 heavy (non-hydrogen) atoms. The SMILES string of the molecule is CCCC(=O)/C(=C\c1[nH]c(C)cc1C)c1ccccc1C. The molecule has 0 aliphatic carbocycles. The smallest absolute Gasteiger partial charge is 0.163 e. The number of H-pyrrole nitrogens is 1. The lowest BCUT2D eigenvalue weighted by Crippen LogP contribution is -2.03. The van der Waals surface area contributed by atoms with Crippen LogP contribution in [0, 0.1) is 20.8 Å². The van der Waals surface area contributed by atoms with Gasteiger partial charge in [-0.25, -0.2) is 0 Å². The van der Waals surface area contributed by atoms with Gasteiger partial charge in [0.2, 0.25) is 0 Å². The number of hydrogen-bond acceptors (Lipinski definition) is 1. The quantitative estimate of drug-likeness (QED) is 0.781. The molecule has 0 aliphatic rings. The van der Waals surface area contributed by atoms with E-state index in [0.29, 0.717) is 6.42 Å². The highest BCUT2D eigenvalue weighted by atomic mass is 16.1. The molecule has 1 aromatic carbocycles. The number of aromatic nitrogens is 1. The lowest BCUT2D eigenvalue weighted by Gasteiger charge is -2.10. The van der Waals surface area contributed by atoms with Gasteiger partial charge in [-0.05, 0) is 56.0 Å². The van der Waals surface area contributed by atoms with Gasteiger partial charge < -0.3 is 4.98 Å². The average Bonchev–Trinajstić information content (AvgIpc) is 2.75. The second kappa shape index (κ2) is 6.57. The summed E-state index contributed by atoms with van der Waals surface area (Å²) in [6, 6.07) is 10.2. The number of benzene rings is 1. The fourth-order valence-corrected chi connectivity index (χ4v) is 2.59. The van der Waals surface area contributed by atoms with E-state index in [-0.39, 0.29) is 5.78 Å². The van der Waals surface area contributed by atoms with Crippen LogP contribution in [-0.2, 0) is 4.79 Å². The first-order valence-electron chi connectivity index (χ1n) is 7.50. The Hall–Kier alpha value is -2.09. The van der Waals surface area contributed by atoms with Crippen LogP contribution in [0.1, 0.15) is 47.8 Å². The molecule has 0 spiro atoms. The van der Waals surface area contributed by atoms with Crippen molar-refractivity contribution in [3.8, 4) is 0 Å². The topological polar surface area (TPSA) is 32.9 Å². The Labute approximate surface area is 126 Å². The predicted octanol–water partition coefficient (Wildman–Crippen LogP) is 4.85. The van der Waals surface area contributed by atoms with Crippen LogP contribution in [-0.4, -0.2) is 10.8 Å². The fourth-order valence-electron chi connectivity index (χ4n) is 2.59. The maximum absolute atomic E-state index is 12.5. The summed E-state index contributed by atoms with van der Waals surface area (Å²) in [5, 5.41) is 0. The Morgan fingerprint density at radius 1 is 1.14 bits per heavy atom. The van der Waals surface area contributed by atoms with Crippen molar-refractivity contribution in [2.75, 3.05) is 0 Å². The predicted molar refractivity (Wildman–Crippen MR) is 89.2 cm³/mol. The number of carbonyl (C=O) groups excluding carboxylic acids is 1. The fraction of sp³-hybridized carbons (Fsp3) is 0.316. The molecule has 0 unspecified atom stereocenters. The highest BCUT2D eigenvalue weighted by molar-refractivity contribution is 6.25. The molecule has 0 aliphatic heterocycles. The summed E-state index contributed by atoms with van der Waals surface area (Å²) >= 11 is 0. The van der Waals surface area contributed by atoms with Crippen LogP contribution >= 0.6 is 0 Å². The van der Waals surface area contributed by atoms with Crippen molar-refractivity contribution in [3.63, 3.8) is 0 Å². The van der Waals surface area contributed by atoms with E-state index in [4.69, 9.17) is 0 Å². The molecule has 1 N–H and O–H groups in total. The molecule has 2 heteroatoms. The summed E-state index contributed by atoms with van der Waals surface area (Å²) in [5.41, 5.74) is 6.28. The molecule has 0 amide bonds. The minimum Gasteiger partial charge on any atom is -0.359 e. The van der Waals surface area contributed by atoms with Gasteiger partial charge in [0, 0.05) is 23.4 Å². The zero-order valence-corrected chi connectivity index (χ0v) is 13.3. The first-order valence-corrected chi connectivity index (χ1v) is 7.50. The molecule has 0 radical (unpaired) electrons. The van der Waals surface area contributed by atoms with E-state index in [0.717, 1.165) is 34.5 Å². The van der Waals surface area contributed by atoms with Crippen molar-refractivity contribution in [3.05, 3.63) is 58.4 Å². The number of aryl methyl sites for hydroxylation is 3. The zero-order valence-electron chi connectivity index (χ0n) is 13.3. The monoisotopic (exact) mass is 281 g/mol. The van der Waals surface area contributed by atoms with Crippen LogP contribution < -0.4 is 0 Å². The molecular formula is C19H23NO. The van der Waals surface area contributed by atoms with E-state index in [1.54, 1.807) is 0 Å². The lowest BCUT2D eigenvalue weighted by molar-refractivity contribution is -0.113. The van der Waals surface area contributed by atoms with Gasteiger partial charge in [-0.3, -0.25) is 4.79 Å². The summed E-state index contributed by atoms with van der Waals surface area (Å²) in [6.45, 7) is 8.19. The normalized spacial score (nSPS) is 11.7. The van der Waals surface area contributed by atoms with Gasteiger partial charge in [-0.1, -0.05) is 31.2 Å². The van der Waals surface area contributed by atoms with Crippen molar-refractivity contribution >= 4 is 17.4 Å². The first kappa shape index (κ1) is 15.3. The Balaban J connectivity index is 2.54. The number of ketones is 1. The van der Waals surface area contributed by atoms with Crippen LogP contribution in [0.2, 0.25) is 0 Å². The third kappa shape index (κ3) is 3.52. The zero-order chi connectivity index (χ0) is 15.4.